The van der Waals surface area contributed by atoms with Crippen LogP contribution >= 0.6 is 0 Å². The monoisotopic (exact) mass is 304 g/mol. The molecule has 0 bridgehead atoms. The molecular weight excluding hydrogens is 284 g/mol. The number of piperazine rings is 1. The van der Waals surface area contributed by atoms with Crippen LogP contribution in [-0.2, 0) is 9.59 Å². The first-order valence-electron chi connectivity index (χ1n) is 7.68. The van der Waals surface area contributed by atoms with Crippen molar-refractivity contribution >= 4 is 12.3 Å². The normalized spacial score (nSPS) is 19.9. The van der Waals surface area contributed by atoms with Crippen molar-refractivity contribution < 1.29 is 9.59 Å². The van der Waals surface area contributed by atoms with Crippen LogP contribution in [0.2, 0.25) is 0 Å². The van der Waals surface area contributed by atoms with E-state index in [1.807, 2.05) is 0 Å². The predicted molar refractivity (Wildman–Crippen MR) is 79.4 cm³/mol. The van der Waals surface area contributed by atoms with Crippen LogP contribution in [0.4, 0.5) is 0 Å². The van der Waals surface area contributed by atoms with E-state index in [2.05, 4.69) is 5.10 Å². The molecule has 7 heteroatoms. The van der Waals surface area contributed by atoms with Crippen molar-refractivity contribution in [2.75, 3.05) is 26.2 Å². The molecule has 7 nitrogen and oxygen atoms in total. The van der Waals surface area contributed by atoms with Crippen LogP contribution in [0, 0.1) is 0 Å². The molecule has 2 fully saturated rings. The minimum absolute atomic E-state index is 0.118. The molecule has 2 amide bonds. The zero-order valence-corrected chi connectivity index (χ0v) is 12.6. The van der Waals surface area contributed by atoms with E-state index in [-0.39, 0.29) is 11.5 Å². The average molecular weight is 304 g/mol. The molecule has 1 aliphatic heterocycles. The molecule has 0 N–H and O–H groups in total. The second-order valence-electron chi connectivity index (χ2n) is 5.96. The smallest absolute Gasteiger partial charge is 0.267 e. The summed E-state index contributed by atoms with van der Waals surface area (Å²) in [4.78, 5) is 38.6. The Labute approximate surface area is 128 Å². The van der Waals surface area contributed by atoms with Crippen molar-refractivity contribution in [1.29, 1.82) is 0 Å². The summed E-state index contributed by atoms with van der Waals surface area (Å²) in [7, 11) is 0. The van der Waals surface area contributed by atoms with Gasteiger partial charge in [0.05, 0.1) is 5.69 Å². The Balaban J connectivity index is 1.74. The molecule has 1 unspecified atom stereocenters. The molecule has 1 aromatic rings. The largest absolute Gasteiger partial charge is 0.342 e. The first-order chi connectivity index (χ1) is 10.6. The number of aromatic nitrogens is 2. The fourth-order valence-corrected chi connectivity index (χ4v) is 2.73. The van der Waals surface area contributed by atoms with Gasteiger partial charge in [-0.3, -0.25) is 14.4 Å². The van der Waals surface area contributed by atoms with Crippen molar-refractivity contribution in [3.05, 3.63) is 28.2 Å². The summed E-state index contributed by atoms with van der Waals surface area (Å²) < 4.78 is 1.29. The first-order valence-corrected chi connectivity index (χ1v) is 7.68. The molecule has 0 aromatic carbocycles. The number of carbonyl (C=O) groups excluding carboxylic acids is 2. The molecule has 22 heavy (non-hydrogen) atoms. The molecular formula is C15H20N4O3. The highest BCUT2D eigenvalue weighted by Crippen LogP contribution is 2.38. The van der Waals surface area contributed by atoms with Crippen molar-refractivity contribution in [3.63, 3.8) is 0 Å². The number of hydrogen-bond donors (Lipinski definition) is 0. The van der Waals surface area contributed by atoms with Gasteiger partial charge in [-0.1, -0.05) is 0 Å². The maximum Gasteiger partial charge on any atom is 0.267 e. The molecule has 2 heterocycles. The van der Waals surface area contributed by atoms with Gasteiger partial charge in [-0.15, -0.1) is 0 Å². The maximum absolute atomic E-state index is 12.6. The SMILES string of the molecule is CC(C(=O)N1CCN(C=O)CC1)n1nc(C2CC2)ccc1=O. The molecule has 3 rings (SSSR count). The van der Waals surface area contributed by atoms with E-state index in [9.17, 15) is 14.4 Å². The Bertz CT molecular complexity index is 630. The van der Waals surface area contributed by atoms with Crippen LogP contribution in [0.15, 0.2) is 16.9 Å². The third-order valence-electron chi connectivity index (χ3n) is 4.34. The van der Waals surface area contributed by atoms with Gasteiger partial charge in [0, 0.05) is 38.2 Å². The fourth-order valence-electron chi connectivity index (χ4n) is 2.73. The highest BCUT2D eigenvalue weighted by atomic mass is 16.2. The molecule has 1 saturated carbocycles. The van der Waals surface area contributed by atoms with E-state index < -0.39 is 6.04 Å². The zero-order valence-electron chi connectivity index (χ0n) is 12.6. The Morgan fingerprint density at radius 1 is 1.27 bits per heavy atom. The first kappa shape index (κ1) is 14.7. The number of carbonyl (C=O) groups is 2. The van der Waals surface area contributed by atoms with E-state index >= 15 is 0 Å². The van der Waals surface area contributed by atoms with Gasteiger partial charge < -0.3 is 9.80 Å². The van der Waals surface area contributed by atoms with Crippen LogP contribution in [0.1, 0.15) is 37.4 Å². The summed E-state index contributed by atoms with van der Waals surface area (Å²) in [6, 6.07) is 2.64. The van der Waals surface area contributed by atoms with Crippen molar-refractivity contribution in [1.82, 2.24) is 19.6 Å². The molecule has 1 aliphatic carbocycles. The van der Waals surface area contributed by atoms with Crippen molar-refractivity contribution in [2.24, 2.45) is 0 Å². The third kappa shape index (κ3) is 2.88. The topological polar surface area (TPSA) is 75.5 Å². The Morgan fingerprint density at radius 3 is 2.55 bits per heavy atom. The fraction of sp³-hybridized carbons (Fsp3) is 0.600. The van der Waals surface area contributed by atoms with Crippen molar-refractivity contribution in [3.8, 4) is 0 Å². The summed E-state index contributed by atoms with van der Waals surface area (Å²) in [5, 5.41) is 4.37. The van der Waals surface area contributed by atoms with E-state index in [0.717, 1.165) is 24.9 Å². The standard InChI is InChI=1S/C15H20N4O3/c1-11(15(22)18-8-6-17(10-20)7-9-18)19-14(21)5-4-13(16-19)12-2-3-12/h4-5,10-12H,2-3,6-9H2,1H3. The number of amides is 2. The zero-order chi connectivity index (χ0) is 15.7. The maximum atomic E-state index is 12.6. The van der Waals surface area contributed by atoms with Crippen LogP contribution in [0.25, 0.3) is 0 Å². The van der Waals surface area contributed by atoms with Crippen molar-refractivity contribution in [2.45, 2.75) is 31.7 Å². The molecule has 118 valence electrons. The minimum Gasteiger partial charge on any atom is -0.342 e. The molecule has 1 saturated heterocycles. The Hall–Kier alpha value is -2.18. The third-order valence-corrected chi connectivity index (χ3v) is 4.34. The van der Waals surface area contributed by atoms with Gasteiger partial charge in [-0.05, 0) is 25.8 Å². The van der Waals surface area contributed by atoms with Gasteiger partial charge >= 0.3 is 0 Å². The van der Waals surface area contributed by atoms with Gasteiger partial charge in [0.15, 0.2) is 0 Å². The highest BCUT2D eigenvalue weighted by Gasteiger charge is 2.29. The van der Waals surface area contributed by atoms with Gasteiger partial charge in [-0.2, -0.15) is 5.10 Å². The number of nitrogens with zero attached hydrogens (tertiary/aromatic N) is 4. The molecule has 1 aromatic heterocycles. The van der Waals surface area contributed by atoms with E-state index in [1.54, 1.807) is 22.8 Å². The lowest BCUT2D eigenvalue weighted by Gasteiger charge is -2.34. The Morgan fingerprint density at radius 2 is 1.95 bits per heavy atom. The van der Waals surface area contributed by atoms with Crippen LogP contribution < -0.4 is 5.56 Å². The predicted octanol–water partition coefficient (Wildman–Crippen LogP) is -0.0177. The van der Waals surface area contributed by atoms with E-state index in [4.69, 9.17) is 0 Å². The van der Waals surface area contributed by atoms with Gasteiger partial charge in [0.1, 0.15) is 6.04 Å². The molecule has 1 atom stereocenters. The molecule has 2 aliphatic rings. The average Bonchev–Trinajstić information content (AvgIpc) is 3.39. The molecule has 0 spiro atoms. The van der Waals surface area contributed by atoms with Crippen LogP contribution in [0.3, 0.4) is 0 Å². The number of rotatable bonds is 4. The summed E-state index contributed by atoms with van der Waals surface area (Å²) in [5.74, 6) is 0.318. The summed E-state index contributed by atoms with van der Waals surface area (Å²) in [6.45, 7) is 3.77. The van der Waals surface area contributed by atoms with Crippen LogP contribution in [-0.4, -0.2) is 58.1 Å². The van der Waals surface area contributed by atoms with Gasteiger partial charge in [0.2, 0.25) is 12.3 Å². The summed E-state index contributed by atoms with van der Waals surface area (Å²) in [6.07, 6.45) is 3.00. The highest BCUT2D eigenvalue weighted by molar-refractivity contribution is 5.80. The minimum atomic E-state index is -0.617. The lowest BCUT2D eigenvalue weighted by Crippen LogP contribution is -2.50. The quantitative estimate of drug-likeness (QED) is 0.733. The lowest BCUT2D eigenvalue weighted by molar-refractivity contribution is -0.138. The van der Waals surface area contributed by atoms with E-state index in [0.29, 0.717) is 32.1 Å². The second-order valence-corrected chi connectivity index (χ2v) is 5.96. The molecule has 0 radical (unpaired) electrons. The van der Waals surface area contributed by atoms with Crippen LogP contribution in [0.5, 0.6) is 0 Å². The van der Waals surface area contributed by atoms with E-state index in [1.165, 1.54) is 10.7 Å². The number of hydrogen-bond acceptors (Lipinski definition) is 4. The summed E-state index contributed by atoms with van der Waals surface area (Å²) >= 11 is 0. The lowest BCUT2D eigenvalue weighted by atomic mass is 10.2. The second kappa shape index (κ2) is 5.90. The van der Waals surface area contributed by atoms with Gasteiger partial charge in [-0.25, -0.2) is 4.68 Å². The summed E-state index contributed by atoms with van der Waals surface area (Å²) in [5.41, 5.74) is 0.641. The Kier molecular flexibility index (Phi) is 3.96. The van der Waals surface area contributed by atoms with Gasteiger partial charge in [0.25, 0.3) is 5.56 Å².